The topological polar surface area (TPSA) is 38.9 Å². The number of halogens is 1. The normalized spacial score (nSPS) is 14.2. The third-order valence-corrected chi connectivity index (χ3v) is 4.21. The standard InChI is InChI=1S/C17H15BrN2/c1-17(19,13-5-7-14(18)8-6-13)16-4-2-3-12-11-20-10-9-15(12)16/h2-11H,19H2,1H3. The molecule has 100 valence electrons. The molecule has 0 aliphatic heterocycles. The molecular formula is C17H15BrN2. The molecule has 1 heterocycles. The van der Waals surface area contributed by atoms with E-state index >= 15 is 0 Å². The van der Waals surface area contributed by atoms with Gasteiger partial charge in [-0.2, -0.15) is 0 Å². The molecule has 0 saturated carbocycles. The van der Waals surface area contributed by atoms with E-state index in [1.807, 2.05) is 43.6 Å². The van der Waals surface area contributed by atoms with Gasteiger partial charge in [-0.3, -0.25) is 4.98 Å². The molecule has 0 aliphatic rings. The smallest absolute Gasteiger partial charge is 0.0643 e. The third kappa shape index (κ3) is 2.23. The first-order valence-electron chi connectivity index (χ1n) is 6.47. The monoisotopic (exact) mass is 326 g/mol. The van der Waals surface area contributed by atoms with E-state index in [4.69, 9.17) is 5.73 Å². The predicted molar refractivity (Wildman–Crippen MR) is 86.5 cm³/mol. The van der Waals surface area contributed by atoms with Crippen molar-refractivity contribution in [1.82, 2.24) is 4.98 Å². The van der Waals surface area contributed by atoms with Gasteiger partial charge in [-0.15, -0.1) is 0 Å². The first-order chi connectivity index (χ1) is 9.59. The van der Waals surface area contributed by atoms with Crippen LogP contribution < -0.4 is 5.73 Å². The van der Waals surface area contributed by atoms with Crippen LogP contribution >= 0.6 is 15.9 Å². The van der Waals surface area contributed by atoms with Crippen LogP contribution in [0.25, 0.3) is 10.8 Å². The van der Waals surface area contributed by atoms with Gasteiger partial charge in [0.05, 0.1) is 5.54 Å². The van der Waals surface area contributed by atoms with Crippen molar-refractivity contribution in [3.8, 4) is 0 Å². The number of rotatable bonds is 2. The van der Waals surface area contributed by atoms with Gasteiger partial charge in [0.2, 0.25) is 0 Å². The van der Waals surface area contributed by atoms with Crippen LogP contribution in [-0.2, 0) is 5.54 Å². The predicted octanol–water partition coefficient (Wildman–Crippen LogP) is 4.22. The van der Waals surface area contributed by atoms with Crippen LogP contribution in [0.5, 0.6) is 0 Å². The lowest BCUT2D eigenvalue weighted by molar-refractivity contribution is 0.608. The van der Waals surface area contributed by atoms with Crippen LogP contribution in [0.1, 0.15) is 18.1 Å². The fourth-order valence-corrected chi connectivity index (χ4v) is 2.79. The summed E-state index contributed by atoms with van der Waals surface area (Å²) < 4.78 is 1.05. The van der Waals surface area contributed by atoms with Crippen molar-refractivity contribution in [3.05, 3.63) is 76.5 Å². The fraction of sp³-hybridized carbons (Fsp3) is 0.118. The maximum Gasteiger partial charge on any atom is 0.0643 e. The van der Waals surface area contributed by atoms with Gasteiger partial charge in [0, 0.05) is 22.3 Å². The number of nitrogens with zero attached hydrogens (tertiary/aromatic N) is 1. The molecule has 2 N–H and O–H groups in total. The SMILES string of the molecule is CC(N)(c1ccc(Br)cc1)c1cccc2cnccc12. The first-order valence-corrected chi connectivity index (χ1v) is 7.26. The molecule has 0 amide bonds. The first kappa shape index (κ1) is 13.3. The molecular weight excluding hydrogens is 312 g/mol. The van der Waals surface area contributed by atoms with Crippen molar-refractivity contribution in [1.29, 1.82) is 0 Å². The van der Waals surface area contributed by atoms with Crippen molar-refractivity contribution in [3.63, 3.8) is 0 Å². The Hall–Kier alpha value is -1.71. The average molecular weight is 327 g/mol. The van der Waals surface area contributed by atoms with Crippen molar-refractivity contribution in [2.75, 3.05) is 0 Å². The quantitative estimate of drug-likeness (QED) is 0.765. The van der Waals surface area contributed by atoms with E-state index in [9.17, 15) is 0 Å². The van der Waals surface area contributed by atoms with Gasteiger partial charge < -0.3 is 5.73 Å². The number of hydrogen-bond donors (Lipinski definition) is 1. The molecule has 0 radical (unpaired) electrons. The van der Waals surface area contributed by atoms with Crippen molar-refractivity contribution >= 4 is 26.7 Å². The van der Waals surface area contributed by atoms with Crippen LogP contribution in [-0.4, -0.2) is 4.98 Å². The van der Waals surface area contributed by atoms with Crippen LogP contribution in [0.4, 0.5) is 0 Å². The molecule has 2 aromatic carbocycles. The van der Waals surface area contributed by atoms with E-state index in [1.54, 1.807) is 0 Å². The Kier molecular flexibility index (Phi) is 3.32. The summed E-state index contributed by atoms with van der Waals surface area (Å²) in [5, 5.41) is 2.26. The van der Waals surface area contributed by atoms with E-state index in [-0.39, 0.29) is 0 Å². The Morgan fingerprint density at radius 3 is 2.55 bits per heavy atom. The lowest BCUT2D eigenvalue weighted by Gasteiger charge is -2.27. The summed E-state index contributed by atoms with van der Waals surface area (Å²) in [7, 11) is 0. The van der Waals surface area contributed by atoms with Gasteiger partial charge in [0.1, 0.15) is 0 Å². The van der Waals surface area contributed by atoms with Crippen molar-refractivity contribution in [2.24, 2.45) is 5.73 Å². The highest BCUT2D eigenvalue weighted by molar-refractivity contribution is 9.10. The minimum absolute atomic E-state index is 0.540. The Balaban J connectivity index is 2.20. The molecule has 3 aromatic rings. The van der Waals surface area contributed by atoms with Gasteiger partial charge in [0.15, 0.2) is 0 Å². The summed E-state index contributed by atoms with van der Waals surface area (Å²) in [6.45, 7) is 2.05. The second-order valence-electron chi connectivity index (χ2n) is 5.11. The molecule has 20 heavy (non-hydrogen) atoms. The second kappa shape index (κ2) is 5.00. The summed E-state index contributed by atoms with van der Waals surface area (Å²) in [5.41, 5.74) is 8.30. The van der Waals surface area contributed by atoms with E-state index in [0.29, 0.717) is 0 Å². The molecule has 0 bridgehead atoms. The highest BCUT2D eigenvalue weighted by Gasteiger charge is 2.25. The molecule has 1 atom stereocenters. The number of aromatic nitrogens is 1. The molecule has 0 aliphatic carbocycles. The largest absolute Gasteiger partial charge is 0.318 e. The van der Waals surface area contributed by atoms with Gasteiger partial charge in [-0.05, 0) is 41.6 Å². The van der Waals surface area contributed by atoms with E-state index < -0.39 is 5.54 Å². The Morgan fingerprint density at radius 2 is 1.80 bits per heavy atom. The molecule has 0 spiro atoms. The summed E-state index contributed by atoms with van der Waals surface area (Å²) in [6, 6.07) is 16.4. The van der Waals surface area contributed by atoms with Crippen LogP contribution in [0.2, 0.25) is 0 Å². The lowest BCUT2D eigenvalue weighted by atomic mass is 9.83. The zero-order valence-corrected chi connectivity index (χ0v) is 12.8. The number of fused-ring (bicyclic) bond motifs is 1. The maximum absolute atomic E-state index is 6.64. The summed E-state index contributed by atoms with van der Waals surface area (Å²) in [5.74, 6) is 0. The zero-order valence-electron chi connectivity index (χ0n) is 11.2. The number of hydrogen-bond acceptors (Lipinski definition) is 2. The zero-order chi connectivity index (χ0) is 14.2. The molecule has 3 heteroatoms. The average Bonchev–Trinajstić information content (AvgIpc) is 2.47. The fourth-order valence-electron chi connectivity index (χ4n) is 2.53. The molecule has 3 rings (SSSR count). The van der Waals surface area contributed by atoms with Crippen molar-refractivity contribution in [2.45, 2.75) is 12.5 Å². The van der Waals surface area contributed by atoms with E-state index in [2.05, 4.69) is 45.2 Å². The second-order valence-corrected chi connectivity index (χ2v) is 6.03. The minimum Gasteiger partial charge on any atom is -0.318 e. The minimum atomic E-state index is -0.540. The molecule has 0 fully saturated rings. The molecule has 1 unspecified atom stereocenters. The third-order valence-electron chi connectivity index (χ3n) is 3.68. The Bertz CT molecular complexity index is 743. The van der Waals surface area contributed by atoms with Crippen LogP contribution in [0.15, 0.2) is 65.4 Å². The van der Waals surface area contributed by atoms with Gasteiger partial charge in [-0.25, -0.2) is 0 Å². The van der Waals surface area contributed by atoms with E-state index in [1.165, 1.54) is 0 Å². The number of benzene rings is 2. The van der Waals surface area contributed by atoms with Crippen LogP contribution in [0.3, 0.4) is 0 Å². The summed E-state index contributed by atoms with van der Waals surface area (Å²) in [6.07, 6.45) is 3.68. The maximum atomic E-state index is 6.64. The van der Waals surface area contributed by atoms with Crippen molar-refractivity contribution < 1.29 is 0 Å². The highest BCUT2D eigenvalue weighted by atomic mass is 79.9. The molecule has 2 nitrogen and oxygen atoms in total. The van der Waals surface area contributed by atoms with Gasteiger partial charge >= 0.3 is 0 Å². The van der Waals surface area contributed by atoms with E-state index in [0.717, 1.165) is 26.4 Å². The Labute approximate surface area is 126 Å². The van der Waals surface area contributed by atoms with Gasteiger partial charge in [0.25, 0.3) is 0 Å². The number of pyridine rings is 1. The summed E-state index contributed by atoms with van der Waals surface area (Å²) >= 11 is 3.46. The van der Waals surface area contributed by atoms with Gasteiger partial charge in [-0.1, -0.05) is 46.3 Å². The molecule has 0 saturated heterocycles. The lowest BCUT2D eigenvalue weighted by Crippen LogP contribution is -2.34. The number of nitrogens with two attached hydrogens (primary N) is 1. The Morgan fingerprint density at radius 1 is 1.05 bits per heavy atom. The van der Waals surface area contributed by atoms with Crippen LogP contribution in [0, 0.1) is 0 Å². The molecule has 1 aromatic heterocycles. The highest BCUT2D eigenvalue weighted by Crippen LogP contribution is 2.32. The summed E-state index contributed by atoms with van der Waals surface area (Å²) in [4.78, 5) is 4.17.